The van der Waals surface area contributed by atoms with Crippen molar-refractivity contribution < 1.29 is 23.1 Å². The van der Waals surface area contributed by atoms with E-state index in [1.165, 1.54) is 24.3 Å². The minimum Gasteiger partial charge on any atom is -0.435 e. The van der Waals surface area contributed by atoms with Crippen molar-refractivity contribution in [3.05, 3.63) is 65.9 Å². The summed E-state index contributed by atoms with van der Waals surface area (Å²) in [6, 6.07) is 13.1. The van der Waals surface area contributed by atoms with Gasteiger partial charge in [0, 0.05) is 24.1 Å². The molecule has 0 aliphatic heterocycles. The molecule has 0 bridgehead atoms. The minimum absolute atomic E-state index is 0.0124. The predicted molar refractivity (Wildman–Crippen MR) is 95.3 cm³/mol. The van der Waals surface area contributed by atoms with E-state index in [2.05, 4.69) is 15.6 Å². The molecule has 6 nitrogen and oxygen atoms in total. The maximum atomic E-state index is 12.3. The second-order valence-electron chi connectivity index (χ2n) is 5.87. The maximum Gasteiger partial charge on any atom is 0.387 e. The van der Waals surface area contributed by atoms with Crippen molar-refractivity contribution in [2.24, 2.45) is 7.05 Å². The molecule has 2 aromatic carbocycles. The molecule has 27 heavy (non-hydrogen) atoms. The molecular formula is C19H17F2N3O3. The number of para-hydroxylation sites is 1. The Morgan fingerprint density at radius 1 is 1.07 bits per heavy atom. The fourth-order valence-corrected chi connectivity index (χ4v) is 2.73. The second-order valence-corrected chi connectivity index (χ2v) is 5.87. The fourth-order valence-electron chi connectivity index (χ4n) is 2.73. The van der Waals surface area contributed by atoms with Gasteiger partial charge in [-0.05, 0) is 23.8 Å². The summed E-state index contributed by atoms with van der Waals surface area (Å²) in [4.78, 5) is 24.3. The molecule has 0 aliphatic carbocycles. The number of hydrazine groups is 1. The lowest BCUT2D eigenvalue weighted by Gasteiger charge is -2.08. The van der Waals surface area contributed by atoms with Crippen molar-refractivity contribution >= 4 is 22.7 Å². The lowest BCUT2D eigenvalue weighted by atomic mass is 10.1. The molecular weight excluding hydrogens is 356 g/mol. The number of carbonyl (C=O) groups excluding carboxylic acids is 2. The first kappa shape index (κ1) is 18.4. The highest BCUT2D eigenvalue weighted by molar-refractivity contribution is 6.07. The van der Waals surface area contributed by atoms with Crippen molar-refractivity contribution in [2.75, 3.05) is 0 Å². The fraction of sp³-hybridized carbons (Fsp3) is 0.158. The Morgan fingerprint density at radius 3 is 2.48 bits per heavy atom. The van der Waals surface area contributed by atoms with E-state index in [4.69, 9.17) is 0 Å². The summed E-state index contributed by atoms with van der Waals surface area (Å²) >= 11 is 0. The number of hydrogen-bond donors (Lipinski definition) is 2. The first-order valence-electron chi connectivity index (χ1n) is 8.11. The van der Waals surface area contributed by atoms with Gasteiger partial charge in [-0.15, -0.1) is 0 Å². The molecule has 1 aromatic heterocycles. The second kappa shape index (κ2) is 7.86. The van der Waals surface area contributed by atoms with E-state index in [0.29, 0.717) is 11.1 Å². The minimum atomic E-state index is -2.90. The largest absolute Gasteiger partial charge is 0.435 e. The Bertz CT molecular complexity index is 968. The molecule has 0 atom stereocenters. The van der Waals surface area contributed by atoms with Crippen LogP contribution in [-0.4, -0.2) is 23.0 Å². The van der Waals surface area contributed by atoms with Gasteiger partial charge in [-0.1, -0.05) is 30.3 Å². The Hall–Kier alpha value is -3.42. The molecule has 1 heterocycles. The van der Waals surface area contributed by atoms with Crippen LogP contribution in [0.4, 0.5) is 8.78 Å². The van der Waals surface area contributed by atoms with Crippen LogP contribution in [0.15, 0.2) is 54.7 Å². The Labute approximate surface area is 153 Å². The van der Waals surface area contributed by atoms with Crippen molar-refractivity contribution in [3.63, 3.8) is 0 Å². The molecule has 0 radical (unpaired) electrons. The van der Waals surface area contributed by atoms with Gasteiger partial charge in [0.1, 0.15) is 5.75 Å². The van der Waals surface area contributed by atoms with Crippen LogP contribution in [0, 0.1) is 0 Å². The van der Waals surface area contributed by atoms with Gasteiger partial charge < -0.3 is 9.30 Å². The number of carbonyl (C=O) groups is 2. The standard InChI is InChI=1S/C19H17F2N3O3/c1-24-11-15(14-4-2-3-5-16(14)24)18(26)23-22-17(25)10-12-6-8-13(9-7-12)27-19(20)21/h2-9,11,19H,10H2,1H3,(H,22,25)(H,23,26). The van der Waals surface area contributed by atoms with Crippen LogP contribution < -0.4 is 15.6 Å². The summed E-state index contributed by atoms with van der Waals surface area (Å²) in [6.07, 6.45) is 1.67. The van der Waals surface area contributed by atoms with Crippen molar-refractivity contribution in [3.8, 4) is 5.75 Å². The third kappa shape index (κ3) is 4.41. The first-order chi connectivity index (χ1) is 12.9. The quantitative estimate of drug-likeness (QED) is 0.676. The van der Waals surface area contributed by atoms with Crippen LogP contribution in [0.3, 0.4) is 0 Å². The van der Waals surface area contributed by atoms with E-state index in [0.717, 1.165) is 10.9 Å². The normalized spacial score (nSPS) is 10.8. The molecule has 0 fully saturated rings. The number of aryl methyl sites for hydroxylation is 1. The third-order valence-corrected chi connectivity index (χ3v) is 3.97. The number of alkyl halides is 2. The van der Waals surface area contributed by atoms with E-state index in [9.17, 15) is 18.4 Å². The lowest BCUT2D eigenvalue weighted by molar-refractivity contribution is -0.121. The van der Waals surface area contributed by atoms with Crippen molar-refractivity contribution in [1.29, 1.82) is 0 Å². The van der Waals surface area contributed by atoms with Crippen molar-refractivity contribution in [2.45, 2.75) is 13.0 Å². The number of halogens is 2. The third-order valence-electron chi connectivity index (χ3n) is 3.97. The lowest BCUT2D eigenvalue weighted by Crippen LogP contribution is -2.42. The van der Waals surface area contributed by atoms with E-state index in [1.807, 2.05) is 35.9 Å². The van der Waals surface area contributed by atoms with E-state index < -0.39 is 18.4 Å². The predicted octanol–water partition coefficient (Wildman–Crippen LogP) is 2.78. The molecule has 2 N–H and O–H groups in total. The number of nitrogens with one attached hydrogen (secondary N) is 2. The SMILES string of the molecule is Cn1cc(C(=O)NNC(=O)Cc2ccc(OC(F)F)cc2)c2ccccc21. The van der Waals surface area contributed by atoms with Crippen LogP contribution in [0.2, 0.25) is 0 Å². The Morgan fingerprint density at radius 2 is 1.78 bits per heavy atom. The molecule has 3 rings (SSSR count). The van der Waals surface area contributed by atoms with Gasteiger partial charge >= 0.3 is 6.61 Å². The van der Waals surface area contributed by atoms with Crippen molar-refractivity contribution in [1.82, 2.24) is 15.4 Å². The number of benzene rings is 2. The zero-order valence-corrected chi connectivity index (χ0v) is 14.4. The number of fused-ring (bicyclic) bond motifs is 1. The summed E-state index contributed by atoms with van der Waals surface area (Å²) in [5.74, 6) is -0.856. The highest BCUT2D eigenvalue weighted by Gasteiger charge is 2.14. The topological polar surface area (TPSA) is 72.4 Å². The number of amides is 2. The van der Waals surface area contributed by atoms with Gasteiger partial charge in [0.2, 0.25) is 5.91 Å². The molecule has 0 saturated carbocycles. The first-order valence-corrected chi connectivity index (χ1v) is 8.11. The van der Waals surface area contributed by atoms with Crippen LogP contribution in [-0.2, 0) is 18.3 Å². The van der Waals surface area contributed by atoms with E-state index >= 15 is 0 Å². The number of hydrogen-bond acceptors (Lipinski definition) is 3. The van der Waals surface area contributed by atoms with Gasteiger partial charge in [0.05, 0.1) is 12.0 Å². The highest BCUT2D eigenvalue weighted by atomic mass is 19.3. The smallest absolute Gasteiger partial charge is 0.387 e. The monoisotopic (exact) mass is 373 g/mol. The van der Waals surface area contributed by atoms with Gasteiger partial charge in [-0.2, -0.15) is 8.78 Å². The van der Waals surface area contributed by atoms with E-state index in [-0.39, 0.29) is 12.2 Å². The number of rotatable bonds is 5. The van der Waals surface area contributed by atoms with Gasteiger partial charge in [0.15, 0.2) is 0 Å². The summed E-state index contributed by atoms with van der Waals surface area (Å²) in [7, 11) is 1.83. The number of aromatic nitrogens is 1. The number of nitrogens with zero attached hydrogens (tertiary/aromatic N) is 1. The molecule has 0 aliphatic rings. The molecule has 140 valence electrons. The highest BCUT2D eigenvalue weighted by Crippen LogP contribution is 2.20. The Balaban J connectivity index is 1.58. The van der Waals surface area contributed by atoms with Crippen LogP contribution in [0.25, 0.3) is 10.9 Å². The van der Waals surface area contributed by atoms with E-state index in [1.54, 1.807) is 6.20 Å². The molecule has 0 unspecified atom stereocenters. The molecule has 3 aromatic rings. The average Bonchev–Trinajstić information content (AvgIpc) is 2.98. The average molecular weight is 373 g/mol. The van der Waals surface area contributed by atoms with Crippen LogP contribution >= 0.6 is 0 Å². The molecule has 8 heteroatoms. The van der Waals surface area contributed by atoms with Gasteiger partial charge in [-0.3, -0.25) is 20.4 Å². The number of ether oxygens (including phenoxy) is 1. The Kier molecular flexibility index (Phi) is 5.35. The van der Waals surface area contributed by atoms with Gasteiger partial charge in [0.25, 0.3) is 5.91 Å². The summed E-state index contributed by atoms with van der Waals surface area (Å²) in [5.41, 5.74) is 6.68. The van der Waals surface area contributed by atoms with Crippen LogP contribution in [0.5, 0.6) is 5.75 Å². The zero-order chi connectivity index (χ0) is 19.4. The zero-order valence-electron chi connectivity index (χ0n) is 14.4. The molecule has 0 spiro atoms. The van der Waals surface area contributed by atoms with Gasteiger partial charge in [-0.25, -0.2) is 0 Å². The maximum absolute atomic E-state index is 12.3. The summed E-state index contributed by atoms with van der Waals surface area (Å²) < 4.78 is 30.3. The van der Waals surface area contributed by atoms with Crippen LogP contribution in [0.1, 0.15) is 15.9 Å². The summed E-state index contributed by atoms with van der Waals surface area (Å²) in [6.45, 7) is -2.90. The summed E-state index contributed by atoms with van der Waals surface area (Å²) in [5, 5.41) is 0.779. The molecule has 2 amide bonds. The molecule has 0 saturated heterocycles.